The molecule has 1 N–H and O–H groups in total. The summed E-state index contributed by atoms with van der Waals surface area (Å²) in [5.41, 5.74) is 1.63. The van der Waals surface area contributed by atoms with Crippen LogP contribution in [0, 0.1) is 0 Å². The lowest BCUT2D eigenvalue weighted by molar-refractivity contribution is -0.153. The Bertz CT molecular complexity index is 949. The molecular weight excluding hydrogens is 435 g/mol. The van der Waals surface area contributed by atoms with E-state index in [-0.39, 0.29) is 17.5 Å². The molecule has 1 aromatic carbocycles. The Morgan fingerprint density at radius 2 is 2.03 bits per heavy atom. The van der Waals surface area contributed by atoms with Gasteiger partial charge in [-0.1, -0.05) is 35.3 Å². The van der Waals surface area contributed by atoms with Crippen molar-refractivity contribution in [2.24, 2.45) is 5.16 Å². The van der Waals surface area contributed by atoms with Crippen LogP contribution in [-0.4, -0.2) is 42.5 Å². The van der Waals surface area contributed by atoms with Crippen molar-refractivity contribution < 1.29 is 27.5 Å². The normalized spacial score (nSPS) is 18.0. The molecule has 1 fully saturated rings. The first-order chi connectivity index (χ1) is 14.8. The molecule has 0 unspecified atom stereocenters. The molecule has 6 nitrogen and oxygen atoms in total. The average Bonchev–Trinajstić information content (AvgIpc) is 2.74. The molecule has 0 radical (unpaired) electrons. The summed E-state index contributed by atoms with van der Waals surface area (Å²) in [7, 11) is 1.44. The summed E-state index contributed by atoms with van der Waals surface area (Å²) in [5.74, 6) is -0.552. The van der Waals surface area contributed by atoms with E-state index >= 15 is 0 Å². The zero-order valence-electron chi connectivity index (χ0n) is 16.7. The SMILES string of the molecule is CO/N=C1/CCCC[C@@H]1NC(=O)c1cc(-c2ccc(Cl)cc2)c(OCC(F)(F)F)cn1. The van der Waals surface area contributed by atoms with Crippen molar-refractivity contribution in [2.45, 2.75) is 37.9 Å². The van der Waals surface area contributed by atoms with E-state index in [2.05, 4.69) is 15.5 Å². The molecule has 0 spiro atoms. The van der Waals surface area contributed by atoms with Gasteiger partial charge in [0.1, 0.15) is 18.6 Å². The second-order valence-electron chi connectivity index (χ2n) is 7.01. The zero-order valence-corrected chi connectivity index (χ0v) is 17.5. The minimum Gasteiger partial charge on any atom is -0.482 e. The fourth-order valence-electron chi connectivity index (χ4n) is 3.31. The highest BCUT2D eigenvalue weighted by atomic mass is 35.5. The number of alkyl halides is 3. The standard InChI is InChI=1S/C21H21ClF3N3O3/c1-30-28-17-5-3-2-4-16(17)27-20(29)18-10-15(13-6-8-14(22)9-7-13)19(11-26-18)31-12-21(23,24)25/h6-11,16H,2-5,12H2,1H3,(H,27,29)/b28-17-/t16-/m0/s1. The molecule has 1 aliphatic carbocycles. The van der Waals surface area contributed by atoms with Crippen LogP contribution in [0.3, 0.4) is 0 Å². The van der Waals surface area contributed by atoms with Crippen LogP contribution < -0.4 is 10.1 Å². The molecule has 0 bridgehead atoms. The summed E-state index contributed by atoms with van der Waals surface area (Å²) in [6, 6.07) is 7.57. The first-order valence-corrected chi connectivity index (χ1v) is 10.0. The smallest absolute Gasteiger partial charge is 0.422 e. The van der Waals surface area contributed by atoms with E-state index in [9.17, 15) is 18.0 Å². The number of ether oxygens (including phenoxy) is 1. The van der Waals surface area contributed by atoms with Gasteiger partial charge in [-0.15, -0.1) is 0 Å². The van der Waals surface area contributed by atoms with Crippen LogP contribution in [0.1, 0.15) is 36.2 Å². The number of amides is 1. The largest absolute Gasteiger partial charge is 0.482 e. The van der Waals surface area contributed by atoms with Gasteiger partial charge < -0.3 is 14.9 Å². The molecule has 166 valence electrons. The number of carbonyl (C=O) groups is 1. The molecule has 1 aromatic heterocycles. The highest BCUT2D eigenvalue weighted by Gasteiger charge is 2.29. The third kappa shape index (κ3) is 6.33. The van der Waals surface area contributed by atoms with E-state index in [0.717, 1.165) is 24.8 Å². The first-order valence-electron chi connectivity index (χ1n) is 9.63. The van der Waals surface area contributed by atoms with Crippen molar-refractivity contribution in [1.29, 1.82) is 0 Å². The first kappa shape index (κ1) is 22.9. The fraction of sp³-hybridized carbons (Fsp3) is 0.381. The molecule has 1 aliphatic rings. The Hall–Kier alpha value is -2.81. The Morgan fingerprint density at radius 3 is 2.71 bits per heavy atom. The molecule has 1 heterocycles. The number of rotatable bonds is 6. The molecule has 31 heavy (non-hydrogen) atoms. The van der Waals surface area contributed by atoms with Gasteiger partial charge in [-0.2, -0.15) is 13.2 Å². The summed E-state index contributed by atoms with van der Waals surface area (Å²) in [5, 5.41) is 7.34. The highest BCUT2D eigenvalue weighted by molar-refractivity contribution is 6.30. The maximum Gasteiger partial charge on any atom is 0.422 e. The number of hydrogen-bond donors (Lipinski definition) is 1. The number of oxime groups is 1. The summed E-state index contributed by atoms with van der Waals surface area (Å²) in [4.78, 5) is 21.7. The van der Waals surface area contributed by atoms with Crippen LogP contribution in [0.4, 0.5) is 13.2 Å². The Kier molecular flexibility index (Phi) is 7.37. The van der Waals surface area contributed by atoms with Gasteiger partial charge in [0.15, 0.2) is 6.61 Å². The van der Waals surface area contributed by atoms with Gasteiger partial charge >= 0.3 is 6.18 Å². The number of aromatic nitrogens is 1. The van der Waals surface area contributed by atoms with E-state index in [4.69, 9.17) is 21.2 Å². The summed E-state index contributed by atoms with van der Waals surface area (Å²) < 4.78 is 42.9. The molecule has 1 saturated carbocycles. The monoisotopic (exact) mass is 455 g/mol. The van der Waals surface area contributed by atoms with Gasteiger partial charge in [0.25, 0.3) is 5.91 Å². The minimum absolute atomic E-state index is 0.0478. The zero-order chi connectivity index (χ0) is 22.4. The van der Waals surface area contributed by atoms with Crippen molar-refractivity contribution in [3.05, 3.63) is 47.2 Å². The van der Waals surface area contributed by atoms with E-state index in [1.165, 1.54) is 13.2 Å². The topological polar surface area (TPSA) is 72.8 Å². The van der Waals surface area contributed by atoms with Crippen LogP contribution in [0.2, 0.25) is 5.02 Å². The lowest BCUT2D eigenvalue weighted by atomic mass is 9.93. The van der Waals surface area contributed by atoms with Crippen molar-refractivity contribution in [1.82, 2.24) is 10.3 Å². The van der Waals surface area contributed by atoms with E-state index < -0.39 is 18.7 Å². The lowest BCUT2D eigenvalue weighted by Gasteiger charge is -2.24. The van der Waals surface area contributed by atoms with Gasteiger partial charge in [0.2, 0.25) is 0 Å². The van der Waals surface area contributed by atoms with Crippen molar-refractivity contribution in [3.63, 3.8) is 0 Å². The number of benzene rings is 1. The van der Waals surface area contributed by atoms with Crippen molar-refractivity contribution >= 4 is 23.2 Å². The van der Waals surface area contributed by atoms with Gasteiger partial charge in [-0.05, 0) is 43.0 Å². The summed E-state index contributed by atoms with van der Waals surface area (Å²) in [6.45, 7) is -1.47. The number of nitrogens with zero attached hydrogens (tertiary/aromatic N) is 2. The number of halogens is 4. The second-order valence-corrected chi connectivity index (χ2v) is 7.45. The van der Waals surface area contributed by atoms with E-state index in [1.54, 1.807) is 24.3 Å². The Labute approximate surface area is 182 Å². The van der Waals surface area contributed by atoms with Crippen LogP contribution in [-0.2, 0) is 4.84 Å². The third-order valence-electron chi connectivity index (χ3n) is 4.74. The highest BCUT2D eigenvalue weighted by Crippen LogP contribution is 2.32. The molecule has 10 heteroatoms. The van der Waals surface area contributed by atoms with Crippen LogP contribution in [0.5, 0.6) is 5.75 Å². The Morgan fingerprint density at radius 1 is 1.29 bits per heavy atom. The van der Waals surface area contributed by atoms with Gasteiger partial charge in [-0.25, -0.2) is 4.98 Å². The van der Waals surface area contributed by atoms with Crippen LogP contribution in [0.25, 0.3) is 11.1 Å². The average molecular weight is 456 g/mol. The van der Waals surface area contributed by atoms with Crippen molar-refractivity contribution in [3.8, 4) is 16.9 Å². The fourth-order valence-corrected chi connectivity index (χ4v) is 3.43. The molecule has 0 saturated heterocycles. The third-order valence-corrected chi connectivity index (χ3v) is 4.99. The predicted octanol–water partition coefficient (Wildman–Crippen LogP) is 5.02. The second kappa shape index (κ2) is 10.00. The van der Waals surface area contributed by atoms with Gasteiger partial charge in [0, 0.05) is 10.6 Å². The summed E-state index contributed by atoms with van der Waals surface area (Å²) >= 11 is 5.91. The number of nitrogens with one attached hydrogen (secondary N) is 1. The lowest BCUT2D eigenvalue weighted by Crippen LogP contribution is -2.43. The molecule has 0 aliphatic heterocycles. The molecule has 1 atom stereocenters. The number of pyridine rings is 1. The van der Waals surface area contributed by atoms with Crippen LogP contribution in [0.15, 0.2) is 41.7 Å². The summed E-state index contributed by atoms with van der Waals surface area (Å²) in [6.07, 6.45) is -0.0711. The van der Waals surface area contributed by atoms with E-state index in [0.29, 0.717) is 29.0 Å². The van der Waals surface area contributed by atoms with Crippen molar-refractivity contribution in [2.75, 3.05) is 13.7 Å². The van der Waals surface area contributed by atoms with Gasteiger partial charge in [-0.3, -0.25) is 4.79 Å². The molecule has 1 amide bonds. The maximum absolute atomic E-state index is 12.8. The molecule has 2 aromatic rings. The molecule has 3 rings (SSSR count). The van der Waals surface area contributed by atoms with Crippen LogP contribution >= 0.6 is 11.6 Å². The number of carbonyl (C=O) groups excluding carboxylic acids is 1. The van der Waals surface area contributed by atoms with Gasteiger partial charge in [0.05, 0.1) is 18.0 Å². The Balaban J connectivity index is 1.88. The minimum atomic E-state index is -4.51. The quantitative estimate of drug-likeness (QED) is 0.621. The predicted molar refractivity (Wildman–Crippen MR) is 110 cm³/mol. The van der Waals surface area contributed by atoms with E-state index in [1.807, 2.05) is 0 Å². The number of hydrogen-bond acceptors (Lipinski definition) is 5. The maximum atomic E-state index is 12.8. The molecular formula is C21H21ClF3N3O3.